The molecule has 1 atom stereocenters. The molecule has 1 aliphatic rings. The Morgan fingerprint density at radius 2 is 1.84 bits per heavy atom. The number of nitrogen functional groups attached to an aromatic ring is 1. The van der Waals surface area contributed by atoms with Crippen LogP contribution in [0.5, 0.6) is 0 Å². The van der Waals surface area contributed by atoms with Crippen LogP contribution in [0.2, 0.25) is 0 Å². The molecule has 1 saturated heterocycles. The summed E-state index contributed by atoms with van der Waals surface area (Å²) in [7, 11) is 0. The van der Waals surface area contributed by atoms with Crippen LogP contribution < -0.4 is 5.73 Å². The van der Waals surface area contributed by atoms with Gasteiger partial charge in [-0.3, -0.25) is 14.5 Å². The number of carbonyl (C=O) groups is 2. The van der Waals surface area contributed by atoms with Crippen LogP contribution in [0.25, 0.3) is 0 Å². The van der Waals surface area contributed by atoms with Crippen LogP contribution in [0.15, 0.2) is 24.3 Å². The van der Waals surface area contributed by atoms with E-state index in [4.69, 9.17) is 5.73 Å². The molecule has 102 valence electrons. The van der Waals surface area contributed by atoms with Gasteiger partial charge >= 0.3 is 0 Å². The molecule has 2 rings (SSSR count). The Kier molecular flexibility index (Phi) is 3.60. The lowest BCUT2D eigenvalue weighted by molar-refractivity contribution is -0.153. The van der Waals surface area contributed by atoms with Crippen molar-refractivity contribution in [2.75, 3.05) is 12.3 Å². The van der Waals surface area contributed by atoms with Gasteiger partial charge in [-0.05, 0) is 37.5 Å². The van der Waals surface area contributed by atoms with Crippen LogP contribution in [0.1, 0.15) is 38.7 Å². The van der Waals surface area contributed by atoms with Gasteiger partial charge in [-0.1, -0.05) is 19.1 Å². The first-order valence-corrected chi connectivity index (χ1v) is 6.76. The Bertz CT molecular complexity index is 495. The van der Waals surface area contributed by atoms with E-state index in [1.54, 1.807) is 0 Å². The normalized spacial score (nSPS) is 23.8. The number of carbonyl (C=O) groups excluding carboxylic acids is 2. The lowest BCUT2D eigenvalue weighted by Crippen LogP contribution is -2.53. The van der Waals surface area contributed by atoms with Crippen LogP contribution in [0, 0.1) is 0 Å². The molecule has 4 heteroatoms. The van der Waals surface area contributed by atoms with Gasteiger partial charge in [0.2, 0.25) is 11.8 Å². The minimum absolute atomic E-state index is 0.0629. The number of anilines is 1. The molecule has 2 amide bonds. The molecule has 19 heavy (non-hydrogen) atoms. The Morgan fingerprint density at radius 1 is 1.21 bits per heavy atom. The third-order valence-electron chi connectivity index (χ3n) is 4.10. The summed E-state index contributed by atoms with van der Waals surface area (Å²) in [6.45, 7) is 4.27. The van der Waals surface area contributed by atoms with E-state index in [1.807, 2.05) is 38.1 Å². The lowest BCUT2D eigenvalue weighted by atomic mass is 9.71. The van der Waals surface area contributed by atoms with Gasteiger partial charge in [0.15, 0.2) is 0 Å². The summed E-state index contributed by atoms with van der Waals surface area (Å²) in [5, 5.41) is 0. The predicted molar refractivity (Wildman–Crippen MR) is 74.5 cm³/mol. The van der Waals surface area contributed by atoms with Crippen LogP contribution in [-0.4, -0.2) is 23.3 Å². The highest BCUT2D eigenvalue weighted by atomic mass is 16.2. The van der Waals surface area contributed by atoms with Crippen molar-refractivity contribution in [1.82, 2.24) is 4.90 Å². The molecule has 1 heterocycles. The molecule has 1 unspecified atom stereocenters. The van der Waals surface area contributed by atoms with Crippen molar-refractivity contribution in [3.8, 4) is 0 Å². The Labute approximate surface area is 113 Å². The van der Waals surface area contributed by atoms with E-state index in [0.29, 0.717) is 31.5 Å². The SMILES string of the molecule is CCN1C(=O)CCC(CC)(c2ccc(N)cc2)C1=O. The number of likely N-dealkylation sites (N-methyl/N-ethyl adjacent to an activating group) is 1. The number of imide groups is 1. The quantitative estimate of drug-likeness (QED) is 0.668. The van der Waals surface area contributed by atoms with E-state index in [2.05, 4.69) is 0 Å². The summed E-state index contributed by atoms with van der Waals surface area (Å²) in [5.41, 5.74) is 6.77. The Morgan fingerprint density at radius 3 is 2.37 bits per heavy atom. The first kappa shape index (κ1) is 13.6. The second-order valence-electron chi connectivity index (χ2n) is 5.00. The fourth-order valence-electron chi connectivity index (χ4n) is 2.86. The van der Waals surface area contributed by atoms with Crippen LogP contribution >= 0.6 is 0 Å². The van der Waals surface area contributed by atoms with Crippen molar-refractivity contribution in [1.29, 1.82) is 0 Å². The smallest absolute Gasteiger partial charge is 0.239 e. The van der Waals surface area contributed by atoms with E-state index in [0.717, 1.165) is 5.56 Å². The van der Waals surface area contributed by atoms with Gasteiger partial charge in [-0.2, -0.15) is 0 Å². The zero-order valence-corrected chi connectivity index (χ0v) is 11.5. The summed E-state index contributed by atoms with van der Waals surface area (Å²) in [6, 6.07) is 7.43. The molecule has 0 radical (unpaired) electrons. The van der Waals surface area contributed by atoms with Crippen LogP contribution in [0.3, 0.4) is 0 Å². The maximum Gasteiger partial charge on any atom is 0.239 e. The van der Waals surface area contributed by atoms with Gasteiger partial charge in [-0.25, -0.2) is 0 Å². The van der Waals surface area contributed by atoms with E-state index < -0.39 is 5.41 Å². The average Bonchev–Trinajstić information content (AvgIpc) is 2.41. The summed E-state index contributed by atoms with van der Waals surface area (Å²) in [5.74, 6) is -0.134. The van der Waals surface area contributed by atoms with E-state index >= 15 is 0 Å². The summed E-state index contributed by atoms with van der Waals surface area (Å²) in [6.07, 6.45) is 1.71. The first-order valence-electron chi connectivity index (χ1n) is 6.76. The minimum Gasteiger partial charge on any atom is -0.399 e. The monoisotopic (exact) mass is 260 g/mol. The molecule has 0 aliphatic carbocycles. The maximum absolute atomic E-state index is 12.7. The summed E-state index contributed by atoms with van der Waals surface area (Å²) >= 11 is 0. The summed E-state index contributed by atoms with van der Waals surface area (Å²) in [4.78, 5) is 25.9. The number of piperidine rings is 1. The molecule has 2 N–H and O–H groups in total. The number of likely N-dealkylation sites (tertiary alicyclic amines) is 1. The molecule has 1 aliphatic heterocycles. The number of hydrogen-bond acceptors (Lipinski definition) is 3. The number of amides is 2. The topological polar surface area (TPSA) is 63.4 Å². The molecular weight excluding hydrogens is 240 g/mol. The minimum atomic E-state index is -0.572. The largest absolute Gasteiger partial charge is 0.399 e. The average molecular weight is 260 g/mol. The highest BCUT2D eigenvalue weighted by molar-refractivity contribution is 6.03. The zero-order chi connectivity index (χ0) is 14.0. The summed E-state index contributed by atoms with van der Waals surface area (Å²) < 4.78 is 0. The van der Waals surface area contributed by atoms with Gasteiger partial charge in [0, 0.05) is 18.7 Å². The molecule has 0 spiro atoms. The second-order valence-corrected chi connectivity index (χ2v) is 5.00. The van der Waals surface area contributed by atoms with E-state index in [1.165, 1.54) is 4.90 Å². The van der Waals surface area contributed by atoms with Gasteiger partial charge < -0.3 is 5.73 Å². The predicted octanol–water partition coefficient (Wildman–Crippen LogP) is 2.09. The fourth-order valence-corrected chi connectivity index (χ4v) is 2.86. The first-order chi connectivity index (χ1) is 9.05. The lowest BCUT2D eigenvalue weighted by Gasteiger charge is -2.40. The molecule has 0 saturated carbocycles. The van der Waals surface area contributed by atoms with E-state index in [-0.39, 0.29) is 11.8 Å². The van der Waals surface area contributed by atoms with Crippen molar-refractivity contribution >= 4 is 17.5 Å². The van der Waals surface area contributed by atoms with Gasteiger partial charge in [0.1, 0.15) is 0 Å². The molecule has 0 bridgehead atoms. The van der Waals surface area contributed by atoms with Crippen LogP contribution in [0.4, 0.5) is 5.69 Å². The van der Waals surface area contributed by atoms with Crippen molar-refractivity contribution < 1.29 is 9.59 Å². The zero-order valence-electron chi connectivity index (χ0n) is 11.5. The van der Waals surface area contributed by atoms with Gasteiger partial charge in [0.25, 0.3) is 0 Å². The molecular formula is C15H20N2O2. The standard InChI is InChI=1S/C15H20N2O2/c1-3-15(11-5-7-12(16)8-6-11)10-9-13(18)17(4-2)14(15)19/h5-8H,3-4,9-10,16H2,1-2H3. The maximum atomic E-state index is 12.7. The van der Waals surface area contributed by atoms with Gasteiger partial charge in [-0.15, -0.1) is 0 Å². The molecule has 1 aromatic rings. The third-order valence-corrected chi connectivity index (χ3v) is 4.10. The highest BCUT2D eigenvalue weighted by Gasteiger charge is 2.46. The molecule has 1 fully saturated rings. The molecule has 0 aromatic heterocycles. The van der Waals surface area contributed by atoms with Crippen molar-refractivity contribution in [2.45, 2.75) is 38.5 Å². The second kappa shape index (κ2) is 5.03. The Balaban J connectivity index is 2.45. The highest BCUT2D eigenvalue weighted by Crippen LogP contribution is 2.38. The van der Waals surface area contributed by atoms with Crippen LogP contribution in [-0.2, 0) is 15.0 Å². The van der Waals surface area contributed by atoms with E-state index in [9.17, 15) is 9.59 Å². The van der Waals surface area contributed by atoms with Crippen molar-refractivity contribution in [2.24, 2.45) is 0 Å². The fraction of sp³-hybridized carbons (Fsp3) is 0.467. The van der Waals surface area contributed by atoms with Crippen molar-refractivity contribution in [3.05, 3.63) is 29.8 Å². The Hall–Kier alpha value is -1.84. The van der Waals surface area contributed by atoms with Gasteiger partial charge in [0.05, 0.1) is 5.41 Å². The van der Waals surface area contributed by atoms with Crippen molar-refractivity contribution in [3.63, 3.8) is 0 Å². The number of rotatable bonds is 3. The molecule has 4 nitrogen and oxygen atoms in total. The number of nitrogens with zero attached hydrogens (tertiary/aromatic N) is 1. The number of hydrogen-bond donors (Lipinski definition) is 1. The third kappa shape index (κ3) is 2.11. The number of nitrogens with two attached hydrogens (primary N) is 1. The molecule has 1 aromatic carbocycles. The number of benzene rings is 1.